The van der Waals surface area contributed by atoms with Crippen molar-refractivity contribution in [2.45, 2.75) is 32.1 Å². The Morgan fingerprint density at radius 2 is 1.46 bits per heavy atom. The van der Waals surface area contributed by atoms with Gasteiger partial charge in [-0.3, -0.25) is 0 Å². The van der Waals surface area contributed by atoms with Crippen molar-refractivity contribution in [2.75, 3.05) is 39.8 Å². The fourth-order valence-corrected chi connectivity index (χ4v) is 3.94. The molecule has 1 saturated heterocycles. The Hall–Kier alpha value is -2.17. The Morgan fingerprint density at radius 3 is 2.11 bits per heavy atom. The quantitative estimate of drug-likeness (QED) is 0.406. The molecule has 1 aliphatic rings. The summed E-state index contributed by atoms with van der Waals surface area (Å²) in [6.07, 6.45) is 5.16. The fraction of sp³-hybridized carbons (Fsp3) is 0.458. The summed E-state index contributed by atoms with van der Waals surface area (Å²) in [5, 5.41) is 12.9. The van der Waals surface area contributed by atoms with Gasteiger partial charge in [0, 0.05) is 26.2 Å². The molecular weight excluding hydrogens is 346 g/mol. The molecule has 4 nitrogen and oxygen atoms in total. The molecule has 1 N–H and O–H groups in total. The van der Waals surface area contributed by atoms with Crippen molar-refractivity contribution >= 4 is 5.71 Å². The average molecular weight is 380 g/mol. The third-order valence-corrected chi connectivity index (χ3v) is 5.72. The lowest BCUT2D eigenvalue weighted by molar-refractivity contribution is 0.153. The monoisotopic (exact) mass is 379 g/mol. The number of likely N-dealkylation sites (N-methyl/N-ethyl adjacent to an activating group) is 1. The highest BCUT2D eigenvalue weighted by atomic mass is 16.4. The van der Waals surface area contributed by atoms with Crippen molar-refractivity contribution in [1.29, 1.82) is 0 Å². The predicted octanol–water partition coefficient (Wildman–Crippen LogP) is 4.07. The number of hydrogen-bond donors (Lipinski definition) is 1. The molecule has 150 valence electrons. The van der Waals surface area contributed by atoms with Gasteiger partial charge in [-0.15, -0.1) is 0 Å². The van der Waals surface area contributed by atoms with Crippen LogP contribution in [0.2, 0.25) is 0 Å². The Labute approximate surface area is 169 Å². The lowest BCUT2D eigenvalue weighted by atomic mass is 9.96. The van der Waals surface area contributed by atoms with Gasteiger partial charge in [0.25, 0.3) is 0 Å². The lowest BCUT2D eigenvalue weighted by Gasteiger charge is -2.32. The summed E-state index contributed by atoms with van der Waals surface area (Å²) < 4.78 is 0. The molecule has 1 heterocycles. The van der Waals surface area contributed by atoms with Crippen LogP contribution in [0.15, 0.2) is 59.8 Å². The zero-order valence-electron chi connectivity index (χ0n) is 17.1. The van der Waals surface area contributed by atoms with Crippen LogP contribution in [0.5, 0.6) is 0 Å². The van der Waals surface area contributed by atoms with Gasteiger partial charge in [0.1, 0.15) is 0 Å². The summed E-state index contributed by atoms with van der Waals surface area (Å²) in [6, 6.07) is 18.8. The third-order valence-electron chi connectivity index (χ3n) is 5.72. The van der Waals surface area contributed by atoms with Crippen molar-refractivity contribution < 1.29 is 5.21 Å². The van der Waals surface area contributed by atoms with E-state index in [-0.39, 0.29) is 0 Å². The summed E-state index contributed by atoms with van der Waals surface area (Å²) in [4.78, 5) is 5.00. The minimum Gasteiger partial charge on any atom is -0.411 e. The van der Waals surface area contributed by atoms with Crippen LogP contribution in [0, 0.1) is 0 Å². The van der Waals surface area contributed by atoms with Crippen molar-refractivity contribution in [3.8, 4) is 0 Å². The van der Waals surface area contributed by atoms with Gasteiger partial charge >= 0.3 is 0 Å². The third kappa shape index (κ3) is 6.18. The Bertz CT molecular complexity index is 737. The van der Waals surface area contributed by atoms with E-state index >= 15 is 0 Å². The van der Waals surface area contributed by atoms with Gasteiger partial charge in [0.2, 0.25) is 0 Å². The van der Waals surface area contributed by atoms with Gasteiger partial charge in [-0.1, -0.05) is 59.8 Å². The number of aryl methyl sites for hydroxylation is 2. The largest absolute Gasteiger partial charge is 0.411 e. The highest BCUT2D eigenvalue weighted by Gasteiger charge is 2.13. The minimum atomic E-state index is 0.771. The molecule has 0 radical (unpaired) electrons. The number of benzene rings is 2. The Balaban J connectivity index is 1.47. The second-order valence-corrected chi connectivity index (χ2v) is 7.78. The smallest absolute Gasteiger partial charge is 0.0867 e. The molecule has 0 aromatic heterocycles. The summed E-state index contributed by atoms with van der Waals surface area (Å²) >= 11 is 0. The molecule has 0 amide bonds. The molecule has 0 atom stereocenters. The fourth-order valence-electron chi connectivity index (χ4n) is 3.94. The average Bonchev–Trinajstić information content (AvgIpc) is 2.74. The van der Waals surface area contributed by atoms with Crippen LogP contribution >= 0.6 is 0 Å². The zero-order valence-corrected chi connectivity index (χ0v) is 17.1. The first-order chi connectivity index (χ1) is 13.8. The van der Waals surface area contributed by atoms with Crippen LogP contribution in [0.3, 0.4) is 0 Å². The van der Waals surface area contributed by atoms with Gasteiger partial charge in [-0.05, 0) is 62.4 Å². The maximum absolute atomic E-state index is 9.37. The molecule has 0 unspecified atom stereocenters. The standard InChI is InChI=1S/C24H33N3O/c1-26-17-19-27(20-18-26)16-8-14-22-10-6-5-9-21(22)13-7-15-24(25-28)23-11-3-2-4-12-23/h2-6,9-12,28H,7-8,13-20H2,1H3. The first-order valence-corrected chi connectivity index (χ1v) is 10.5. The van der Waals surface area contributed by atoms with Gasteiger partial charge in [-0.2, -0.15) is 0 Å². The van der Waals surface area contributed by atoms with E-state index in [2.05, 4.69) is 46.3 Å². The summed E-state index contributed by atoms with van der Waals surface area (Å²) in [6.45, 7) is 5.96. The van der Waals surface area contributed by atoms with E-state index < -0.39 is 0 Å². The minimum absolute atomic E-state index is 0.771. The number of rotatable bonds is 9. The Morgan fingerprint density at radius 1 is 0.857 bits per heavy atom. The summed E-state index contributed by atoms with van der Waals surface area (Å²) in [5.41, 5.74) is 4.68. The number of piperazine rings is 1. The first-order valence-electron chi connectivity index (χ1n) is 10.5. The molecule has 0 spiro atoms. The maximum Gasteiger partial charge on any atom is 0.0867 e. The van der Waals surface area contributed by atoms with Crippen LogP contribution in [-0.4, -0.2) is 60.5 Å². The predicted molar refractivity (Wildman–Crippen MR) is 116 cm³/mol. The molecule has 0 saturated carbocycles. The normalized spacial score (nSPS) is 16.4. The molecule has 2 aromatic rings. The van der Waals surface area contributed by atoms with Crippen LogP contribution in [0.4, 0.5) is 0 Å². The van der Waals surface area contributed by atoms with Crippen LogP contribution in [0.1, 0.15) is 36.0 Å². The van der Waals surface area contributed by atoms with Crippen molar-refractivity contribution in [1.82, 2.24) is 9.80 Å². The Kier molecular flexibility index (Phi) is 8.07. The van der Waals surface area contributed by atoms with Crippen LogP contribution in [0.25, 0.3) is 0 Å². The van der Waals surface area contributed by atoms with Crippen molar-refractivity contribution in [3.63, 3.8) is 0 Å². The SMILES string of the molecule is CN1CCN(CCCc2ccccc2CCCC(=NO)c2ccccc2)CC1. The molecular formula is C24H33N3O. The molecule has 28 heavy (non-hydrogen) atoms. The molecule has 4 heteroatoms. The second kappa shape index (κ2) is 11.0. The lowest BCUT2D eigenvalue weighted by Crippen LogP contribution is -2.44. The maximum atomic E-state index is 9.37. The number of hydrogen-bond acceptors (Lipinski definition) is 4. The van der Waals surface area contributed by atoms with E-state index in [9.17, 15) is 5.21 Å². The molecule has 0 aliphatic carbocycles. The highest BCUT2D eigenvalue weighted by Crippen LogP contribution is 2.16. The van der Waals surface area contributed by atoms with Crippen molar-refractivity contribution in [3.05, 3.63) is 71.3 Å². The van der Waals surface area contributed by atoms with E-state index in [1.54, 1.807) is 0 Å². The zero-order chi connectivity index (χ0) is 19.6. The second-order valence-electron chi connectivity index (χ2n) is 7.78. The molecule has 0 bridgehead atoms. The van der Waals surface area contributed by atoms with E-state index in [4.69, 9.17) is 0 Å². The van der Waals surface area contributed by atoms with E-state index in [1.807, 2.05) is 30.3 Å². The molecule has 1 fully saturated rings. The van der Waals surface area contributed by atoms with E-state index in [1.165, 1.54) is 50.3 Å². The first kappa shape index (κ1) is 20.6. The van der Waals surface area contributed by atoms with Crippen LogP contribution in [-0.2, 0) is 12.8 Å². The van der Waals surface area contributed by atoms with Crippen molar-refractivity contribution in [2.24, 2.45) is 5.16 Å². The van der Waals surface area contributed by atoms with Gasteiger partial charge in [0.15, 0.2) is 0 Å². The van der Waals surface area contributed by atoms with Gasteiger partial charge in [0.05, 0.1) is 5.71 Å². The molecule has 2 aromatic carbocycles. The number of nitrogens with zero attached hydrogens (tertiary/aromatic N) is 3. The van der Waals surface area contributed by atoms with E-state index in [0.29, 0.717) is 0 Å². The molecule has 1 aliphatic heterocycles. The number of oxime groups is 1. The van der Waals surface area contributed by atoms with Crippen LogP contribution < -0.4 is 0 Å². The van der Waals surface area contributed by atoms with Gasteiger partial charge in [-0.25, -0.2) is 0 Å². The summed E-state index contributed by atoms with van der Waals surface area (Å²) in [7, 11) is 2.21. The molecule has 3 rings (SSSR count). The van der Waals surface area contributed by atoms with Gasteiger partial charge < -0.3 is 15.0 Å². The van der Waals surface area contributed by atoms with E-state index in [0.717, 1.165) is 37.0 Å². The summed E-state index contributed by atoms with van der Waals surface area (Å²) in [5.74, 6) is 0. The highest BCUT2D eigenvalue weighted by molar-refractivity contribution is 6.00. The topological polar surface area (TPSA) is 39.1 Å².